The number of aliphatic imine (C=N–C) groups is 1. The summed E-state index contributed by atoms with van der Waals surface area (Å²) in [4.78, 5) is 6.89. The first-order chi connectivity index (χ1) is 12.2. The normalized spacial score (nSPS) is 22.8. The molecule has 1 N–H and O–H groups in total. The third-order valence-corrected chi connectivity index (χ3v) is 5.57. The van der Waals surface area contributed by atoms with Gasteiger partial charge in [-0.3, -0.25) is 4.99 Å². The van der Waals surface area contributed by atoms with Crippen LogP contribution in [0.2, 0.25) is 0 Å². The van der Waals surface area contributed by atoms with E-state index in [1.807, 2.05) is 14.2 Å². The lowest BCUT2D eigenvalue weighted by atomic mass is 9.94. The molecule has 6 heteroatoms. The highest BCUT2D eigenvalue weighted by Gasteiger charge is 2.33. The van der Waals surface area contributed by atoms with Gasteiger partial charge in [-0.25, -0.2) is 0 Å². The zero-order valence-corrected chi connectivity index (χ0v) is 18.3. The largest absolute Gasteiger partial charge is 0.381 e. The van der Waals surface area contributed by atoms with Crippen LogP contribution in [0.15, 0.2) is 35.3 Å². The number of nitrogens with zero attached hydrogens (tertiary/aromatic N) is 2. The van der Waals surface area contributed by atoms with E-state index in [0.29, 0.717) is 5.92 Å². The quantitative estimate of drug-likeness (QED) is 0.406. The van der Waals surface area contributed by atoms with Crippen LogP contribution in [0.1, 0.15) is 24.8 Å². The van der Waals surface area contributed by atoms with Crippen molar-refractivity contribution in [2.24, 2.45) is 10.9 Å². The van der Waals surface area contributed by atoms with Crippen LogP contribution >= 0.6 is 24.0 Å². The lowest BCUT2D eigenvalue weighted by molar-refractivity contribution is -0.0857. The van der Waals surface area contributed by atoms with Crippen molar-refractivity contribution in [1.82, 2.24) is 10.2 Å². The molecule has 2 aliphatic rings. The van der Waals surface area contributed by atoms with E-state index in [4.69, 9.17) is 9.47 Å². The minimum absolute atomic E-state index is 0. The summed E-state index contributed by atoms with van der Waals surface area (Å²) in [6, 6.07) is 10.8. The lowest BCUT2D eigenvalue weighted by Gasteiger charge is -2.37. The van der Waals surface area contributed by atoms with Crippen LogP contribution in [0.5, 0.6) is 0 Å². The van der Waals surface area contributed by atoms with Crippen molar-refractivity contribution in [2.45, 2.75) is 31.3 Å². The molecule has 146 valence electrons. The SMILES string of the molecule is CN=C(NCC1(OC)CCOCC1)N1CCC(Cc2ccccc2)C1.I. The number of guanidine groups is 1. The number of hydrogen-bond acceptors (Lipinski definition) is 3. The maximum Gasteiger partial charge on any atom is 0.193 e. The molecule has 5 nitrogen and oxygen atoms in total. The van der Waals surface area contributed by atoms with Crippen LogP contribution in [-0.2, 0) is 15.9 Å². The molecule has 3 rings (SSSR count). The highest BCUT2D eigenvalue weighted by Crippen LogP contribution is 2.24. The second kappa shape index (κ2) is 10.5. The van der Waals surface area contributed by atoms with E-state index in [1.165, 1.54) is 12.0 Å². The van der Waals surface area contributed by atoms with E-state index < -0.39 is 0 Å². The second-order valence-electron chi connectivity index (χ2n) is 7.19. The number of likely N-dealkylation sites (tertiary alicyclic amines) is 1. The molecule has 0 amide bonds. The van der Waals surface area contributed by atoms with Crippen molar-refractivity contribution < 1.29 is 9.47 Å². The van der Waals surface area contributed by atoms with Gasteiger partial charge in [-0.1, -0.05) is 30.3 Å². The van der Waals surface area contributed by atoms with Crippen molar-refractivity contribution in [2.75, 3.05) is 47.0 Å². The molecule has 2 saturated heterocycles. The number of hydrogen-bond donors (Lipinski definition) is 1. The van der Waals surface area contributed by atoms with Gasteiger partial charge in [0.2, 0.25) is 0 Å². The number of ether oxygens (including phenoxy) is 2. The molecule has 0 spiro atoms. The zero-order chi connectivity index (χ0) is 17.5. The van der Waals surface area contributed by atoms with Crippen LogP contribution in [-0.4, -0.2) is 63.5 Å². The van der Waals surface area contributed by atoms with Crippen molar-refractivity contribution in [1.29, 1.82) is 0 Å². The first-order valence-electron chi connectivity index (χ1n) is 9.37. The topological polar surface area (TPSA) is 46.1 Å². The molecule has 0 aromatic heterocycles. The van der Waals surface area contributed by atoms with E-state index in [9.17, 15) is 0 Å². The predicted octanol–water partition coefficient (Wildman–Crippen LogP) is 2.94. The minimum Gasteiger partial charge on any atom is -0.381 e. The van der Waals surface area contributed by atoms with Crippen molar-refractivity contribution in [3.8, 4) is 0 Å². The fraction of sp³-hybridized carbons (Fsp3) is 0.650. The van der Waals surface area contributed by atoms with E-state index in [2.05, 4.69) is 45.5 Å². The highest BCUT2D eigenvalue weighted by molar-refractivity contribution is 14.0. The standard InChI is InChI=1S/C20H31N3O2.HI/c1-21-19(22-16-20(24-2)9-12-25-13-10-20)23-11-8-18(15-23)14-17-6-4-3-5-7-17;/h3-7,18H,8-16H2,1-2H3,(H,21,22);1H. The molecule has 1 aromatic carbocycles. The number of methoxy groups -OCH3 is 1. The maximum absolute atomic E-state index is 5.82. The molecule has 26 heavy (non-hydrogen) atoms. The Hall–Kier alpha value is -0.860. The second-order valence-corrected chi connectivity index (χ2v) is 7.19. The van der Waals surface area contributed by atoms with Crippen LogP contribution in [0, 0.1) is 5.92 Å². The monoisotopic (exact) mass is 473 g/mol. The van der Waals surface area contributed by atoms with Gasteiger partial charge in [0, 0.05) is 59.8 Å². The molecule has 2 heterocycles. The first-order valence-corrected chi connectivity index (χ1v) is 9.37. The van der Waals surface area contributed by atoms with E-state index in [-0.39, 0.29) is 29.6 Å². The summed E-state index contributed by atoms with van der Waals surface area (Å²) in [6.45, 7) is 4.48. The summed E-state index contributed by atoms with van der Waals surface area (Å²) in [5.41, 5.74) is 1.30. The summed E-state index contributed by atoms with van der Waals surface area (Å²) in [5, 5.41) is 3.55. The van der Waals surface area contributed by atoms with Gasteiger partial charge in [-0.2, -0.15) is 0 Å². The number of nitrogens with one attached hydrogen (secondary N) is 1. The number of rotatable bonds is 5. The lowest BCUT2D eigenvalue weighted by Crippen LogP contribution is -2.51. The zero-order valence-electron chi connectivity index (χ0n) is 15.9. The van der Waals surface area contributed by atoms with Gasteiger partial charge in [0.05, 0.1) is 5.60 Å². The highest BCUT2D eigenvalue weighted by atomic mass is 127. The Morgan fingerprint density at radius 3 is 2.69 bits per heavy atom. The third-order valence-electron chi connectivity index (χ3n) is 5.57. The molecule has 1 aromatic rings. The smallest absolute Gasteiger partial charge is 0.193 e. The summed E-state index contributed by atoms with van der Waals surface area (Å²) < 4.78 is 11.3. The maximum atomic E-state index is 5.82. The van der Waals surface area contributed by atoms with Crippen LogP contribution in [0.4, 0.5) is 0 Å². The molecular formula is C20H32IN3O2. The fourth-order valence-electron chi connectivity index (χ4n) is 3.91. The molecule has 2 fully saturated rings. The third kappa shape index (κ3) is 5.57. The Balaban J connectivity index is 0.00000243. The summed E-state index contributed by atoms with van der Waals surface area (Å²) in [6.07, 6.45) is 4.24. The van der Waals surface area contributed by atoms with E-state index in [1.54, 1.807) is 0 Å². The summed E-state index contributed by atoms with van der Waals surface area (Å²) in [7, 11) is 3.68. The van der Waals surface area contributed by atoms with E-state index >= 15 is 0 Å². The Labute approximate surface area is 174 Å². The van der Waals surface area contributed by atoms with Gasteiger partial charge in [-0.05, 0) is 24.3 Å². The van der Waals surface area contributed by atoms with Crippen molar-refractivity contribution in [3.05, 3.63) is 35.9 Å². The number of halogens is 1. The van der Waals surface area contributed by atoms with Crippen LogP contribution in [0.25, 0.3) is 0 Å². The Morgan fingerprint density at radius 1 is 1.31 bits per heavy atom. The van der Waals surface area contributed by atoms with Crippen molar-refractivity contribution >= 4 is 29.9 Å². The van der Waals surface area contributed by atoms with Gasteiger partial charge < -0.3 is 19.7 Å². The molecule has 0 saturated carbocycles. The van der Waals surface area contributed by atoms with Gasteiger partial charge in [-0.15, -0.1) is 24.0 Å². The Bertz CT molecular complexity index is 561. The molecule has 2 aliphatic heterocycles. The minimum atomic E-state index is -0.128. The molecule has 0 aliphatic carbocycles. The summed E-state index contributed by atoms with van der Waals surface area (Å²) >= 11 is 0. The van der Waals surface area contributed by atoms with Crippen molar-refractivity contribution in [3.63, 3.8) is 0 Å². The van der Waals surface area contributed by atoms with Gasteiger partial charge in [0.15, 0.2) is 5.96 Å². The van der Waals surface area contributed by atoms with Gasteiger partial charge >= 0.3 is 0 Å². The fourth-order valence-corrected chi connectivity index (χ4v) is 3.91. The average molecular weight is 473 g/mol. The molecule has 0 bridgehead atoms. The molecule has 1 atom stereocenters. The van der Waals surface area contributed by atoms with Crippen LogP contribution < -0.4 is 5.32 Å². The van der Waals surface area contributed by atoms with Gasteiger partial charge in [0.1, 0.15) is 0 Å². The molecule has 1 unspecified atom stereocenters. The van der Waals surface area contributed by atoms with E-state index in [0.717, 1.165) is 58.1 Å². The number of benzene rings is 1. The van der Waals surface area contributed by atoms with Gasteiger partial charge in [0.25, 0.3) is 0 Å². The Morgan fingerprint density at radius 2 is 2.04 bits per heavy atom. The molecule has 0 radical (unpaired) electrons. The van der Waals surface area contributed by atoms with Crippen LogP contribution in [0.3, 0.4) is 0 Å². The average Bonchev–Trinajstić information content (AvgIpc) is 3.12. The Kier molecular flexibility index (Phi) is 8.63. The molecular weight excluding hydrogens is 441 g/mol. The summed E-state index contributed by atoms with van der Waals surface area (Å²) in [5.74, 6) is 1.69. The first kappa shape index (κ1) is 21.4. The predicted molar refractivity (Wildman–Crippen MR) is 116 cm³/mol.